The molecule has 264 valence electrons. The Balaban J connectivity index is 1.72. The molecule has 3 amide bonds. The van der Waals surface area contributed by atoms with Gasteiger partial charge in [-0.05, 0) is 38.2 Å². The van der Waals surface area contributed by atoms with E-state index in [-0.39, 0.29) is 61.2 Å². The van der Waals surface area contributed by atoms with Gasteiger partial charge in [-0.1, -0.05) is 71.8 Å². The van der Waals surface area contributed by atoms with Gasteiger partial charge in [0.2, 0.25) is 17.7 Å². The minimum Gasteiger partial charge on any atom is -0.455 e. The second kappa shape index (κ2) is 17.0. The molecule has 4 rings (SSSR count). The highest BCUT2D eigenvalue weighted by Gasteiger charge is 2.77. The van der Waals surface area contributed by atoms with Crippen LogP contribution in [0.15, 0.2) is 55.6 Å². The summed E-state index contributed by atoms with van der Waals surface area (Å²) in [5, 5.41) is 12.7. The van der Waals surface area contributed by atoms with Crippen LogP contribution in [-0.2, 0) is 33.4 Å². The zero-order valence-electron chi connectivity index (χ0n) is 28.2. The largest absolute Gasteiger partial charge is 0.455 e. The molecule has 0 aliphatic carbocycles. The Labute approximate surface area is 292 Å². The lowest BCUT2D eigenvalue weighted by atomic mass is 9.70. The number of nitrogens with one attached hydrogen (secondary N) is 1. The summed E-state index contributed by atoms with van der Waals surface area (Å²) in [5.74, 6) is -3.51. The van der Waals surface area contributed by atoms with Crippen molar-refractivity contribution in [2.45, 2.75) is 93.1 Å². The van der Waals surface area contributed by atoms with Crippen molar-refractivity contribution in [2.75, 3.05) is 33.4 Å². The summed E-state index contributed by atoms with van der Waals surface area (Å²) in [4.78, 5) is 59.1. The number of halogens is 1. The maximum absolute atomic E-state index is 14.5. The molecule has 2 bridgehead atoms. The van der Waals surface area contributed by atoms with Gasteiger partial charge in [0.1, 0.15) is 17.7 Å². The summed E-state index contributed by atoms with van der Waals surface area (Å²) in [5.41, 5.74) is -0.628. The van der Waals surface area contributed by atoms with E-state index in [9.17, 15) is 24.3 Å². The van der Waals surface area contributed by atoms with Gasteiger partial charge in [-0.2, -0.15) is 0 Å². The molecule has 11 nitrogen and oxygen atoms in total. The Bertz CT molecular complexity index is 1310. The van der Waals surface area contributed by atoms with Gasteiger partial charge in [0.25, 0.3) is 0 Å². The highest BCUT2D eigenvalue weighted by molar-refractivity contribution is 9.09. The van der Waals surface area contributed by atoms with E-state index in [2.05, 4.69) is 34.4 Å². The molecule has 2 N–H and O–H groups in total. The van der Waals surface area contributed by atoms with Crippen LogP contribution in [0.1, 0.15) is 64.0 Å². The summed E-state index contributed by atoms with van der Waals surface area (Å²) in [6.45, 7) is 11.9. The van der Waals surface area contributed by atoms with Crippen molar-refractivity contribution in [3.05, 3.63) is 61.2 Å². The number of ether oxygens (including phenoxy) is 3. The Morgan fingerprint density at radius 3 is 2.60 bits per heavy atom. The lowest BCUT2D eigenvalue weighted by Gasteiger charge is -2.39. The predicted octanol–water partition coefficient (Wildman–Crippen LogP) is 3.70. The van der Waals surface area contributed by atoms with Crippen molar-refractivity contribution in [1.82, 2.24) is 15.1 Å². The number of allylic oxidation sites excluding steroid dienone is 1. The molecule has 48 heavy (non-hydrogen) atoms. The van der Waals surface area contributed by atoms with Crippen LogP contribution in [0.3, 0.4) is 0 Å². The van der Waals surface area contributed by atoms with Gasteiger partial charge in [-0.25, -0.2) is 0 Å². The zero-order chi connectivity index (χ0) is 35.0. The Hall–Kier alpha value is -3.06. The molecule has 3 aliphatic rings. The fraction of sp³-hybridized carbons (Fsp3) is 0.611. The summed E-state index contributed by atoms with van der Waals surface area (Å²) in [6, 6.07) is 7.25. The highest BCUT2D eigenvalue weighted by Crippen LogP contribution is 2.60. The Morgan fingerprint density at radius 2 is 1.98 bits per heavy atom. The van der Waals surface area contributed by atoms with Gasteiger partial charge in [0, 0.05) is 44.1 Å². The third kappa shape index (κ3) is 7.56. The number of fused-ring (bicyclic) bond motifs is 1. The number of hydrogen-bond donors (Lipinski definition) is 2. The van der Waals surface area contributed by atoms with E-state index in [1.165, 1.54) is 12.0 Å². The number of amides is 3. The lowest BCUT2D eigenvalue weighted by molar-refractivity contribution is -0.163. The van der Waals surface area contributed by atoms with Crippen LogP contribution in [0, 0.1) is 11.8 Å². The van der Waals surface area contributed by atoms with Gasteiger partial charge in [-0.3, -0.25) is 19.2 Å². The number of nitrogens with zero attached hydrogens (tertiary/aromatic N) is 2. The molecule has 12 heteroatoms. The highest BCUT2D eigenvalue weighted by atomic mass is 79.9. The maximum atomic E-state index is 14.5. The molecule has 3 aliphatic heterocycles. The fourth-order valence-corrected chi connectivity index (χ4v) is 8.58. The molecule has 1 aromatic rings. The van der Waals surface area contributed by atoms with E-state index >= 15 is 0 Å². The average Bonchev–Trinajstić information content (AvgIpc) is 3.67. The van der Waals surface area contributed by atoms with E-state index in [4.69, 9.17) is 14.2 Å². The van der Waals surface area contributed by atoms with Gasteiger partial charge in [0.15, 0.2) is 0 Å². The summed E-state index contributed by atoms with van der Waals surface area (Å²) in [7, 11) is 1.50. The van der Waals surface area contributed by atoms with Gasteiger partial charge >= 0.3 is 5.97 Å². The second-order valence-corrected chi connectivity index (χ2v) is 14.1. The first kappa shape index (κ1) is 37.8. The van der Waals surface area contributed by atoms with Crippen LogP contribution < -0.4 is 5.32 Å². The number of aliphatic hydroxyl groups excluding tert-OH is 1. The van der Waals surface area contributed by atoms with Crippen molar-refractivity contribution >= 4 is 39.6 Å². The van der Waals surface area contributed by atoms with E-state index in [0.717, 1.165) is 12.8 Å². The van der Waals surface area contributed by atoms with Crippen molar-refractivity contribution in [2.24, 2.45) is 11.8 Å². The topological polar surface area (TPSA) is 135 Å². The lowest BCUT2D eigenvalue weighted by Crippen LogP contribution is -2.58. The van der Waals surface area contributed by atoms with E-state index in [1.807, 2.05) is 32.0 Å². The average molecular weight is 733 g/mol. The van der Waals surface area contributed by atoms with Gasteiger partial charge in [0.05, 0.1) is 30.6 Å². The molecule has 0 radical (unpaired) electrons. The van der Waals surface area contributed by atoms with Crippen molar-refractivity contribution < 1.29 is 38.5 Å². The third-order valence-electron chi connectivity index (χ3n) is 9.70. The SMILES string of the molecule is C=CCCC(=O)N[C@H](COC)[C@H](OC(=O)[C@@H]1[C@H]2O[C@@]3(CC2Br)[C@H](C(=O)N(CC=C)C(C)CCC)N(CCCO)C(=O)[C@@H]13)c1ccccc1. The molecule has 3 saturated heterocycles. The predicted molar refractivity (Wildman–Crippen MR) is 184 cm³/mol. The Morgan fingerprint density at radius 1 is 1.25 bits per heavy atom. The molecule has 3 heterocycles. The van der Waals surface area contributed by atoms with Crippen molar-refractivity contribution in [3.8, 4) is 0 Å². The number of esters is 1. The van der Waals surface area contributed by atoms with Crippen LogP contribution in [0.2, 0.25) is 0 Å². The summed E-state index contributed by atoms with van der Waals surface area (Å²) in [6.07, 6.45) is 4.60. The summed E-state index contributed by atoms with van der Waals surface area (Å²) >= 11 is 3.72. The van der Waals surface area contributed by atoms with E-state index in [0.29, 0.717) is 24.9 Å². The monoisotopic (exact) mass is 731 g/mol. The quantitative estimate of drug-likeness (QED) is 0.125. The fourth-order valence-electron chi connectivity index (χ4n) is 7.64. The van der Waals surface area contributed by atoms with Crippen LogP contribution in [0.5, 0.6) is 0 Å². The second-order valence-electron chi connectivity index (χ2n) is 12.9. The number of methoxy groups -OCH3 is 1. The smallest absolute Gasteiger partial charge is 0.313 e. The number of alkyl halides is 1. The standard InChI is InChI=1S/C36H50BrN3O8/c1-6-9-17-27(42)38-26(22-46-5)30(24-15-11-10-12-16-24)47-35(45)28-29-33(43)40(19-13-20-41)32(36(29)21-25(37)31(28)48-36)34(44)39(18-8-3)23(4)14-7-2/h6,8,10-12,15-16,23,25-26,28-32,41H,1,3,7,9,13-14,17-22H2,2,4-5H3,(H,38,42)/t23?,25?,26-,28+,29-,30-,31+,32+,36-/m1/s1. The van der Waals surface area contributed by atoms with Crippen LogP contribution in [0.4, 0.5) is 0 Å². The molecule has 9 atom stereocenters. The number of rotatable bonds is 19. The Kier molecular flexibility index (Phi) is 13.4. The van der Waals surface area contributed by atoms with Crippen molar-refractivity contribution in [1.29, 1.82) is 0 Å². The summed E-state index contributed by atoms with van der Waals surface area (Å²) < 4.78 is 18.4. The first-order valence-electron chi connectivity index (χ1n) is 16.9. The van der Waals surface area contributed by atoms with E-state index < -0.39 is 47.7 Å². The third-order valence-corrected chi connectivity index (χ3v) is 10.5. The zero-order valence-corrected chi connectivity index (χ0v) is 29.8. The molecular formula is C36H50BrN3O8. The maximum Gasteiger partial charge on any atom is 0.313 e. The van der Waals surface area contributed by atoms with Crippen LogP contribution >= 0.6 is 15.9 Å². The molecular weight excluding hydrogens is 682 g/mol. The number of likely N-dealkylation sites (tertiary alicyclic amines) is 1. The molecule has 1 spiro atoms. The molecule has 3 fully saturated rings. The normalized spacial score (nSPS) is 27.6. The van der Waals surface area contributed by atoms with Crippen molar-refractivity contribution in [3.63, 3.8) is 0 Å². The number of benzene rings is 1. The first-order valence-corrected chi connectivity index (χ1v) is 17.8. The van der Waals surface area contributed by atoms with Crippen LogP contribution in [-0.4, -0.2) is 107 Å². The molecule has 2 unspecified atom stereocenters. The number of aliphatic hydroxyl groups is 1. The van der Waals surface area contributed by atoms with Gasteiger partial charge in [-0.15, -0.1) is 13.2 Å². The first-order chi connectivity index (χ1) is 23.1. The van der Waals surface area contributed by atoms with E-state index in [1.54, 1.807) is 29.2 Å². The van der Waals surface area contributed by atoms with Crippen LogP contribution in [0.25, 0.3) is 0 Å². The number of carbonyl (C=O) groups excluding carboxylic acids is 4. The molecule has 0 aromatic heterocycles. The minimum absolute atomic E-state index is 0.0607. The van der Waals surface area contributed by atoms with Gasteiger partial charge < -0.3 is 34.4 Å². The number of hydrogen-bond acceptors (Lipinski definition) is 8. The molecule has 0 saturated carbocycles. The minimum atomic E-state index is -1.27. The number of carbonyl (C=O) groups is 4. The molecule has 1 aromatic carbocycles.